The van der Waals surface area contributed by atoms with E-state index >= 15 is 0 Å². The predicted molar refractivity (Wildman–Crippen MR) is 80.7 cm³/mol. The third kappa shape index (κ3) is 3.74. The minimum Gasteiger partial charge on any atom is -0.468 e. The van der Waals surface area contributed by atoms with Crippen LogP contribution in [0.5, 0.6) is 0 Å². The average Bonchev–Trinajstić information content (AvgIpc) is 3.01. The fourth-order valence-corrected chi connectivity index (χ4v) is 2.71. The van der Waals surface area contributed by atoms with Gasteiger partial charge in [0, 0.05) is 26.2 Å². The molecule has 1 fully saturated rings. The van der Waals surface area contributed by atoms with Gasteiger partial charge in [-0.25, -0.2) is 4.39 Å². The molecule has 2 heterocycles. The fourth-order valence-electron chi connectivity index (χ4n) is 2.71. The summed E-state index contributed by atoms with van der Waals surface area (Å²) in [6, 6.07) is 10.1. The van der Waals surface area contributed by atoms with Crippen molar-refractivity contribution in [1.29, 1.82) is 0 Å². The SMILES string of the molecule is O=C(Cc1cccc(F)c1)N1CCN(Cc2ccco2)CC1. The molecular formula is C17H19FN2O2. The monoisotopic (exact) mass is 302 g/mol. The number of piperazine rings is 1. The van der Waals surface area contributed by atoms with E-state index in [2.05, 4.69) is 4.90 Å². The van der Waals surface area contributed by atoms with Gasteiger partial charge in [-0.1, -0.05) is 12.1 Å². The Kier molecular flexibility index (Phi) is 4.53. The first-order chi connectivity index (χ1) is 10.7. The van der Waals surface area contributed by atoms with E-state index < -0.39 is 0 Å². The number of amides is 1. The summed E-state index contributed by atoms with van der Waals surface area (Å²) >= 11 is 0. The molecule has 1 aromatic heterocycles. The second-order valence-corrected chi connectivity index (χ2v) is 5.54. The highest BCUT2D eigenvalue weighted by molar-refractivity contribution is 5.78. The summed E-state index contributed by atoms with van der Waals surface area (Å²) in [5, 5.41) is 0. The molecule has 2 aromatic rings. The Labute approximate surface area is 129 Å². The highest BCUT2D eigenvalue weighted by Gasteiger charge is 2.21. The van der Waals surface area contributed by atoms with Gasteiger partial charge in [-0.15, -0.1) is 0 Å². The number of carbonyl (C=O) groups excluding carboxylic acids is 1. The summed E-state index contributed by atoms with van der Waals surface area (Å²) < 4.78 is 18.5. The summed E-state index contributed by atoms with van der Waals surface area (Å²) in [5.41, 5.74) is 0.725. The lowest BCUT2D eigenvalue weighted by Crippen LogP contribution is -2.48. The van der Waals surface area contributed by atoms with Crippen LogP contribution < -0.4 is 0 Å². The van der Waals surface area contributed by atoms with Gasteiger partial charge in [0.1, 0.15) is 11.6 Å². The molecule has 3 rings (SSSR count). The normalized spacial score (nSPS) is 16.0. The third-order valence-corrected chi connectivity index (χ3v) is 3.93. The van der Waals surface area contributed by atoms with Crippen LogP contribution in [-0.2, 0) is 17.8 Å². The van der Waals surface area contributed by atoms with E-state index in [0.717, 1.165) is 31.0 Å². The van der Waals surface area contributed by atoms with Crippen molar-refractivity contribution in [3.63, 3.8) is 0 Å². The maximum atomic E-state index is 13.2. The zero-order valence-electron chi connectivity index (χ0n) is 12.4. The molecule has 0 bridgehead atoms. The van der Waals surface area contributed by atoms with Gasteiger partial charge in [-0.2, -0.15) is 0 Å². The van der Waals surface area contributed by atoms with E-state index in [0.29, 0.717) is 13.1 Å². The molecule has 1 aromatic carbocycles. The molecule has 22 heavy (non-hydrogen) atoms. The third-order valence-electron chi connectivity index (χ3n) is 3.93. The molecule has 0 saturated carbocycles. The quantitative estimate of drug-likeness (QED) is 0.869. The molecule has 0 radical (unpaired) electrons. The fraction of sp³-hybridized carbons (Fsp3) is 0.353. The van der Waals surface area contributed by atoms with Gasteiger partial charge < -0.3 is 9.32 Å². The van der Waals surface area contributed by atoms with Crippen LogP contribution in [0.2, 0.25) is 0 Å². The summed E-state index contributed by atoms with van der Waals surface area (Å²) in [6.45, 7) is 3.84. The molecule has 1 amide bonds. The lowest BCUT2D eigenvalue weighted by Gasteiger charge is -2.34. The van der Waals surface area contributed by atoms with Gasteiger partial charge in [0.05, 0.1) is 19.2 Å². The number of hydrogen-bond acceptors (Lipinski definition) is 3. The lowest BCUT2D eigenvalue weighted by molar-refractivity contribution is -0.132. The second kappa shape index (κ2) is 6.75. The predicted octanol–water partition coefficient (Wildman–Crippen LogP) is 2.31. The van der Waals surface area contributed by atoms with Crippen LogP contribution in [0.3, 0.4) is 0 Å². The number of furan rings is 1. The van der Waals surface area contributed by atoms with Gasteiger partial charge >= 0.3 is 0 Å². The van der Waals surface area contributed by atoms with Crippen LogP contribution in [-0.4, -0.2) is 41.9 Å². The van der Waals surface area contributed by atoms with Crippen molar-refractivity contribution in [3.05, 3.63) is 59.8 Å². The lowest BCUT2D eigenvalue weighted by atomic mass is 10.1. The highest BCUT2D eigenvalue weighted by Crippen LogP contribution is 2.11. The zero-order valence-corrected chi connectivity index (χ0v) is 12.4. The van der Waals surface area contributed by atoms with E-state index in [1.807, 2.05) is 17.0 Å². The van der Waals surface area contributed by atoms with Gasteiger partial charge in [-0.3, -0.25) is 9.69 Å². The Morgan fingerprint density at radius 2 is 1.95 bits per heavy atom. The van der Waals surface area contributed by atoms with Crippen LogP contribution >= 0.6 is 0 Å². The van der Waals surface area contributed by atoms with Gasteiger partial charge in [0.15, 0.2) is 0 Å². The molecule has 0 aliphatic carbocycles. The van der Waals surface area contributed by atoms with E-state index in [9.17, 15) is 9.18 Å². The minimum atomic E-state index is -0.298. The van der Waals surface area contributed by atoms with Crippen LogP contribution in [0, 0.1) is 5.82 Å². The van der Waals surface area contributed by atoms with Crippen LogP contribution in [0.15, 0.2) is 47.1 Å². The maximum Gasteiger partial charge on any atom is 0.227 e. The highest BCUT2D eigenvalue weighted by atomic mass is 19.1. The Balaban J connectivity index is 1.49. The largest absolute Gasteiger partial charge is 0.468 e. The van der Waals surface area contributed by atoms with Crippen LogP contribution in [0.4, 0.5) is 4.39 Å². The molecule has 116 valence electrons. The number of carbonyl (C=O) groups is 1. The molecule has 0 N–H and O–H groups in total. The molecular weight excluding hydrogens is 283 g/mol. The van der Waals surface area contributed by atoms with Gasteiger partial charge in [-0.05, 0) is 29.8 Å². The molecule has 4 nitrogen and oxygen atoms in total. The van der Waals surface area contributed by atoms with Crippen molar-refractivity contribution >= 4 is 5.91 Å². The first-order valence-electron chi connectivity index (χ1n) is 7.48. The molecule has 0 unspecified atom stereocenters. The average molecular weight is 302 g/mol. The standard InChI is InChI=1S/C17H19FN2O2/c18-15-4-1-3-14(11-15)12-17(21)20-8-6-19(7-9-20)13-16-5-2-10-22-16/h1-5,10-11H,6-9,12-13H2. The zero-order chi connectivity index (χ0) is 15.4. The Bertz CT molecular complexity index is 619. The number of benzene rings is 1. The van der Waals surface area contributed by atoms with Crippen molar-refractivity contribution < 1.29 is 13.6 Å². The van der Waals surface area contributed by atoms with Crippen molar-refractivity contribution in [2.45, 2.75) is 13.0 Å². The van der Waals surface area contributed by atoms with Crippen molar-refractivity contribution in [1.82, 2.24) is 9.80 Å². The number of nitrogens with zero attached hydrogens (tertiary/aromatic N) is 2. The Morgan fingerprint density at radius 1 is 1.14 bits per heavy atom. The number of halogens is 1. The van der Waals surface area contributed by atoms with E-state index in [1.54, 1.807) is 18.4 Å². The number of hydrogen-bond donors (Lipinski definition) is 0. The molecule has 0 atom stereocenters. The first-order valence-corrected chi connectivity index (χ1v) is 7.48. The number of rotatable bonds is 4. The minimum absolute atomic E-state index is 0.0586. The Hall–Kier alpha value is -2.14. The molecule has 1 saturated heterocycles. The Morgan fingerprint density at radius 3 is 2.64 bits per heavy atom. The first kappa shape index (κ1) is 14.8. The van der Waals surface area contributed by atoms with E-state index in [4.69, 9.17) is 4.42 Å². The summed E-state index contributed by atoms with van der Waals surface area (Å²) in [5.74, 6) is 0.705. The van der Waals surface area contributed by atoms with Crippen LogP contribution in [0.25, 0.3) is 0 Å². The summed E-state index contributed by atoms with van der Waals surface area (Å²) in [6.07, 6.45) is 1.93. The van der Waals surface area contributed by atoms with Crippen LogP contribution in [0.1, 0.15) is 11.3 Å². The summed E-state index contributed by atoms with van der Waals surface area (Å²) in [7, 11) is 0. The molecule has 5 heteroatoms. The van der Waals surface area contributed by atoms with E-state index in [-0.39, 0.29) is 18.1 Å². The second-order valence-electron chi connectivity index (χ2n) is 5.54. The van der Waals surface area contributed by atoms with Crippen molar-refractivity contribution in [2.75, 3.05) is 26.2 Å². The van der Waals surface area contributed by atoms with Gasteiger partial charge in [0.25, 0.3) is 0 Å². The smallest absolute Gasteiger partial charge is 0.227 e. The summed E-state index contributed by atoms with van der Waals surface area (Å²) in [4.78, 5) is 16.4. The van der Waals surface area contributed by atoms with Crippen molar-refractivity contribution in [2.24, 2.45) is 0 Å². The molecule has 1 aliphatic heterocycles. The topological polar surface area (TPSA) is 36.7 Å². The van der Waals surface area contributed by atoms with E-state index in [1.165, 1.54) is 12.1 Å². The maximum absolute atomic E-state index is 13.2. The van der Waals surface area contributed by atoms with Gasteiger partial charge in [0.2, 0.25) is 5.91 Å². The van der Waals surface area contributed by atoms with Crippen molar-refractivity contribution in [3.8, 4) is 0 Å². The molecule has 0 spiro atoms. The molecule has 1 aliphatic rings.